The standard InChI is InChI=1S/C25H20O6/c1-16(25(27)28-2)30-20-12-13-21-22(14-20)29-15-23(24(21)26)31-19-10-8-18(9-11-19)17-6-4-3-5-7-17/h3-16H,1-2H3/t16-/m0/s1. The molecule has 0 saturated heterocycles. The molecular weight excluding hydrogens is 396 g/mol. The van der Waals surface area contributed by atoms with E-state index in [9.17, 15) is 9.59 Å². The van der Waals surface area contributed by atoms with Crippen molar-refractivity contribution in [3.8, 4) is 28.4 Å². The van der Waals surface area contributed by atoms with Gasteiger partial charge in [0.25, 0.3) is 0 Å². The van der Waals surface area contributed by atoms with Crippen molar-refractivity contribution >= 4 is 16.9 Å². The first-order chi connectivity index (χ1) is 15.0. The summed E-state index contributed by atoms with van der Waals surface area (Å²) in [4.78, 5) is 24.3. The van der Waals surface area contributed by atoms with Crippen LogP contribution in [-0.2, 0) is 9.53 Å². The van der Waals surface area contributed by atoms with Crippen molar-refractivity contribution in [1.82, 2.24) is 0 Å². The molecule has 0 saturated carbocycles. The Morgan fingerprint density at radius 1 is 0.903 bits per heavy atom. The Hall–Kier alpha value is -4.06. The normalized spacial score (nSPS) is 11.7. The van der Waals surface area contributed by atoms with Gasteiger partial charge in [0.05, 0.1) is 12.5 Å². The second kappa shape index (κ2) is 8.75. The van der Waals surface area contributed by atoms with Crippen LogP contribution in [0.25, 0.3) is 22.1 Å². The van der Waals surface area contributed by atoms with E-state index in [4.69, 9.17) is 13.9 Å². The third-order valence-electron chi connectivity index (χ3n) is 4.75. The fraction of sp³-hybridized carbons (Fsp3) is 0.120. The summed E-state index contributed by atoms with van der Waals surface area (Å²) in [5.41, 5.74) is 2.17. The van der Waals surface area contributed by atoms with Crippen molar-refractivity contribution in [1.29, 1.82) is 0 Å². The van der Waals surface area contributed by atoms with E-state index in [0.717, 1.165) is 11.1 Å². The van der Waals surface area contributed by atoms with Crippen LogP contribution in [0.3, 0.4) is 0 Å². The van der Waals surface area contributed by atoms with Gasteiger partial charge in [-0.3, -0.25) is 4.79 Å². The van der Waals surface area contributed by atoms with Gasteiger partial charge in [-0.2, -0.15) is 0 Å². The highest BCUT2D eigenvalue weighted by atomic mass is 16.6. The highest BCUT2D eigenvalue weighted by Gasteiger charge is 2.16. The number of carbonyl (C=O) groups excluding carboxylic acids is 1. The Morgan fingerprint density at radius 2 is 1.58 bits per heavy atom. The number of rotatable bonds is 6. The monoisotopic (exact) mass is 416 g/mol. The van der Waals surface area contributed by atoms with Gasteiger partial charge in [-0.05, 0) is 42.3 Å². The molecule has 3 aromatic carbocycles. The molecule has 0 unspecified atom stereocenters. The van der Waals surface area contributed by atoms with Gasteiger partial charge in [0.2, 0.25) is 11.2 Å². The summed E-state index contributed by atoms with van der Waals surface area (Å²) in [6.07, 6.45) is 0.485. The summed E-state index contributed by atoms with van der Waals surface area (Å²) < 4.78 is 21.5. The van der Waals surface area contributed by atoms with E-state index in [1.807, 2.05) is 42.5 Å². The lowest BCUT2D eigenvalue weighted by Gasteiger charge is -2.12. The van der Waals surface area contributed by atoms with Crippen LogP contribution in [0.2, 0.25) is 0 Å². The molecule has 6 heteroatoms. The third-order valence-corrected chi connectivity index (χ3v) is 4.75. The minimum absolute atomic E-state index is 0.0801. The van der Waals surface area contributed by atoms with E-state index in [-0.39, 0.29) is 11.2 Å². The summed E-state index contributed by atoms with van der Waals surface area (Å²) in [6.45, 7) is 1.58. The van der Waals surface area contributed by atoms with Gasteiger partial charge in [-0.1, -0.05) is 42.5 Å². The number of methoxy groups -OCH3 is 1. The number of ether oxygens (including phenoxy) is 3. The van der Waals surface area contributed by atoms with E-state index < -0.39 is 12.1 Å². The maximum atomic E-state index is 12.8. The molecule has 0 aliphatic carbocycles. The number of benzene rings is 3. The molecule has 4 rings (SSSR count). The van der Waals surface area contributed by atoms with E-state index in [1.165, 1.54) is 13.4 Å². The molecule has 0 aliphatic rings. The van der Waals surface area contributed by atoms with Crippen molar-refractivity contribution in [2.75, 3.05) is 7.11 Å². The summed E-state index contributed by atoms with van der Waals surface area (Å²) in [5.74, 6) is 0.497. The molecule has 0 spiro atoms. The molecule has 1 aromatic heterocycles. The van der Waals surface area contributed by atoms with Crippen molar-refractivity contribution in [2.45, 2.75) is 13.0 Å². The Bertz CT molecular complexity index is 1260. The number of hydrogen-bond donors (Lipinski definition) is 0. The first-order valence-electron chi connectivity index (χ1n) is 9.68. The van der Waals surface area contributed by atoms with Gasteiger partial charge >= 0.3 is 5.97 Å². The Kier molecular flexibility index (Phi) is 5.71. The Labute approximate surface area is 178 Å². The Balaban J connectivity index is 1.55. The van der Waals surface area contributed by atoms with Crippen LogP contribution in [0.5, 0.6) is 17.2 Å². The van der Waals surface area contributed by atoms with E-state index in [1.54, 1.807) is 37.3 Å². The lowest BCUT2D eigenvalue weighted by atomic mass is 10.1. The van der Waals surface area contributed by atoms with Crippen LogP contribution in [-0.4, -0.2) is 19.2 Å². The topological polar surface area (TPSA) is 75.0 Å². The van der Waals surface area contributed by atoms with Crippen molar-refractivity contribution in [3.05, 3.63) is 89.3 Å². The highest BCUT2D eigenvalue weighted by Crippen LogP contribution is 2.27. The highest BCUT2D eigenvalue weighted by molar-refractivity contribution is 5.79. The van der Waals surface area contributed by atoms with Gasteiger partial charge in [-0.25, -0.2) is 4.79 Å². The molecule has 156 valence electrons. The minimum Gasteiger partial charge on any atom is -0.479 e. The summed E-state index contributed by atoms with van der Waals surface area (Å²) >= 11 is 0. The second-order valence-corrected chi connectivity index (χ2v) is 6.86. The number of fused-ring (bicyclic) bond motifs is 1. The predicted octanol–water partition coefficient (Wildman–Crippen LogP) is 5.19. The molecule has 0 radical (unpaired) electrons. The van der Waals surface area contributed by atoms with Crippen LogP contribution in [0.15, 0.2) is 88.3 Å². The van der Waals surface area contributed by atoms with Crippen LogP contribution >= 0.6 is 0 Å². The molecule has 0 fully saturated rings. The average Bonchev–Trinajstić information content (AvgIpc) is 2.81. The summed E-state index contributed by atoms with van der Waals surface area (Å²) in [7, 11) is 1.29. The van der Waals surface area contributed by atoms with Crippen LogP contribution in [0.1, 0.15) is 6.92 Å². The van der Waals surface area contributed by atoms with Crippen LogP contribution < -0.4 is 14.9 Å². The molecule has 0 aliphatic heterocycles. The molecule has 0 bridgehead atoms. The molecule has 31 heavy (non-hydrogen) atoms. The van der Waals surface area contributed by atoms with Gasteiger partial charge in [0, 0.05) is 6.07 Å². The minimum atomic E-state index is -0.782. The van der Waals surface area contributed by atoms with Gasteiger partial charge in [0.15, 0.2) is 6.10 Å². The zero-order chi connectivity index (χ0) is 21.8. The molecule has 1 heterocycles. The fourth-order valence-corrected chi connectivity index (χ4v) is 3.13. The third kappa shape index (κ3) is 4.43. The van der Waals surface area contributed by atoms with E-state index >= 15 is 0 Å². The van der Waals surface area contributed by atoms with E-state index in [2.05, 4.69) is 4.74 Å². The quantitative estimate of drug-likeness (QED) is 0.403. The zero-order valence-electron chi connectivity index (χ0n) is 17.0. The largest absolute Gasteiger partial charge is 0.479 e. The lowest BCUT2D eigenvalue weighted by Crippen LogP contribution is -2.24. The summed E-state index contributed by atoms with van der Waals surface area (Å²) in [5, 5.41) is 0.344. The molecule has 6 nitrogen and oxygen atoms in total. The molecular formula is C25H20O6. The zero-order valence-corrected chi connectivity index (χ0v) is 17.0. The number of hydrogen-bond acceptors (Lipinski definition) is 6. The molecule has 4 aromatic rings. The van der Waals surface area contributed by atoms with Gasteiger partial charge in [-0.15, -0.1) is 0 Å². The maximum Gasteiger partial charge on any atom is 0.346 e. The smallest absolute Gasteiger partial charge is 0.346 e. The SMILES string of the molecule is COC(=O)[C@H](C)Oc1ccc2c(=O)c(Oc3ccc(-c4ccccc4)cc3)coc2c1. The van der Waals surface area contributed by atoms with Gasteiger partial charge < -0.3 is 18.6 Å². The van der Waals surface area contributed by atoms with Crippen LogP contribution in [0.4, 0.5) is 0 Å². The fourth-order valence-electron chi connectivity index (χ4n) is 3.13. The number of carbonyl (C=O) groups is 1. The Morgan fingerprint density at radius 3 is 2.29 bits per heavy atom. The van der Waals surface area contributed by atoms with Crippen molar-refractivity contribution in [3.63, 3.8) is 0 Å². The second-order valence-electron chi connectivity index (χ2n) is 6.86. The van der Waals surface area contributed by atoms with Crippen molar-refractivity contribution < 1.29 is 23.4 Å². The first-order valence-corrected chi connectivity index (χ1v) is 9.68. The number of esters is 1. The average molecular weight is 416 g/mol. The molecule has 0 N–H and O–H groups in total. The van der Waals surface area contributed by atoms with Gasteiger partial charge in [0.1, 0.15) is 23.3 Å². The van der Waals surface area contributed by atoms with Crippen molar-refractivity contribution in [2.24, 2.45) is 0 Å². The predicted molar refractivity (Wildman–Crippen MR) is 117 cm³/mol. The molecule has 1 atom stereocenters. The first kappa shape index (κ1) is 20.2. The molecule has 0 amide bonds. The maximum absolute atomic E-state index is 12.8. The van der Waals surface area contributed by atoms with E-state index in [0.29, 0.717) is 22.5 Å². The van der Waals surface area contributed by atoms with Crippen LogP contribution in [0, 0.1) is 0 Å². The summed E-state index contributed by atoms with van der Waals surface area (Å²) in [6, 6.07) is 22.2. The lowest BCUT2D eigenvalue weighted by molar-refractivity contribution is -0.147.